The van der Waals surface area contributed by atoms with Gasteiger partial charge in [-0.2, -0.15) is 0 Å². The van der Waals surface area contributed by atoms with E-state index in [-0.39, 0.29) is 12.1 Å². The molecular weight excluding hydrogens is 336 g/mol. The van der Waals surface area contributed by atoms with Crippen LogP contribution in [0.25, 0.3) is 0 Å². The molecular formula is C15H19BrN2OS. The van der Waals surface area contributed by atoms with E-state index in [9.17, 15) is 0 Å². The molecule has 2 atom stereocenters. The minimum Gasteiger partial charge on any atom is -0.372 e. The predicted molar refractivity (Wildman–Crippen MR) is 87.0 cm³/mol. The molecule has 2 N–H and O–H groups in total. The van der Waals surface area contributed by atoms with E-state index in [1.807, 2.05) is 31.5 Å². The first-order chi connectivity index (χ1) is 9.58. The van der Waals surface area contributed by atoms with Gasteiger partial charge in [-0.3, -0.25) is 0 Å². The maximum Gasteiger partial charge on any atom is 0.0973 e. The molecule has 1 heterocycles. The fourth-order valence-corrected chi connectivity index (χ4v) is 3.08. The van der Waals surface area contributed by atoms with Gasteiger partial charge in [-0.25, -0.2) is 4.98 Å². The first-order valence-corrected chi connectivity index (χ1v) is 8.27. The summed E-state index contributed by atoms with van der Waals surface area (Å²) >= 11 is 5.12. The van der Waals surface area contributed by atoms with Crippen molar-refractivity contribution in [2.75, 3.05) is 6.61 Å². The van der Waals surface area contributed by atoms with Gasteiger partial charge in [0.05, 0.1) is 23.9 Å². The normalized spacial score (nSPS) is 14.2. The highest BCUT2D eigenvalue weighted by Gasteiger charge is 2.17. The van der Waals surface area contributed by atoms with Crippen LogP contribution < -0.4 is 5.73 Å². The number of hydrogen-bond donors (Lipinski definition) is 1. The molecule has 2 unspecified atom stereocenters. The van der Waals surface area contributed by atoms with E-state index in [1.165, 1.54) is 4.88 Å². The standard InChI is InChI=1S/C15H19BrN2OS/c1-10(17)15(12-3-5-13(16)6-4-12)19-8-7-14-11(2)18-9-20-14/h3-6,9-10,15H,7-8,17H2,1-2H3. The van der Waals surface area contributed by atoms with Gasteiger partial charge in [-0.05, 0) is 31.5 Å². The second kappa shape index (κ2) is 7.31. The zero-order valence-electron chi connectivity index (χ0n) is 11.7. The van der Waals surface area contributed by atoms with Crippen LogP contribution in [0.2, 0.25) is 0 Å². The second-order valence-electron chi connectivity index (χ2n) is 4.81. The molecule has 108 valence electrons. The van der Waals surface area contributed by atoms with Crippen LogP contribution in [0.4, 0.5) is 0 Å². The molecule has 0 radical (unpaired) electrons. The van der Waals surface area contributed by atoms with Crippen molar-refractivity contribution in [3.05, 3.63) is 50.4 Å². The molecule has 0 saturated carbocycles. The monoisotopic (exact) mass is 354 g/mol. The average Bonchev–Trinajstić information content (AvgIpc) is 2.81. The fraction of sp³-hybridized carbons (Fsp3) is 0.400. The Kier molecular flexibility index (Phi) is 5.72. The van der Waals surface area contributed by atoms with Crippen LogP contribution in [-0.4, -0.2) is 17.6 Å². The lowest BCUT2D eigenvalue weighted by Gasteiger charge is -2.22. The maximum atomic E-state index is 6.05. The summed E-state index contributed by atoms with van der Waals surface area (Å²) in [7, 11) is 0. The van der Waals surface area contributed by atoms with E-state index < -0.39 is 0 Å². The number of aryl methyl sites for hydroxylation is 1. The molecule has 0 aliphatic rings. The summed E-state index contributed by atoms with van der Waals surface area (Å²) in [6.07, 6.45) is 0.812. The third-order valence-electron chi connectivity index (χ3n) is 3.15. The van der Waals surface area contributed by atoms with Crippen LogP contribution in [-0.2, 0) is 11.2 Å². The highest BCUT2D eigenvalue weighted by molar-refractivity contribution is 9.10. The Bertz CT molecular complexity index is 539. The Morgan fingerprint density at radius 1 is 1.35 bits per heavy atom. The van der Waals surface area contributed by atoms with Gasteiger partial charge in [-0.15, -0.1) is 11.3 Å². The lowest BCUT2D eigenvalue weighted by molar-refractivity contribution is 0.0405. The molecule has 0 amide bonds. The van der Waals surface area contributed by atoms with Crippen molar-refractivity contribution in [1.82, 2.24) is 4.98 Å². The molecule has 2 aromatic rings. The Morgan fingerprint density at radius 3 is 2.60 bits per heavy atom. The lowest BCUT2D eigenvalue weighted by atomic mass is 10.0. The minimum atomic E-state index is -0.0728. The predicted octanol–water partition coefficient (Wildman–Crippen LogP) is 3.86. The van der Waals surface area contributed by atoms with Gasteiger partial charge >= 0.3 is 0 Å². The van der Waals surface area contributed by atoms with Gasteiger partial charge < -0.3 is 10.5 Å². The van der Waals surface area contributed by atoms with Crippen molar-refractivity contribution in [1.29, 1.82) is 0 Å². The van der Waals surface area contributed by atoms with Crippen molar-refractivity contribution < 1.29 is 4.74 Å². The van der Waals surface area contributed by atoms with E-state index in [4.69, 9.17) is 10.5 Å². The van der Waals surface area contributed by atoms with Gasteiger partial charge in [-0.1, -0.05) is 28.1 Å². The number of halogens is 1. The van der Waals surface area contributed by atoms with Crippen LogP contribution in [0.1, 0.15) is 29.2 Å². The number of rotatable bonds is 6. The molecule has 0 saturated heterocycles. The zero-order chi connectivity index (χ0) is 14.5. The molecule has 3 nitrogen and oxygen atoms in total. The number of nitrogens with zero attached hydrogens (tertiary/aromatic N) is 1. The molecule has 0 aliphatic heterocycles. The van der Waals surface area contributed by atoms with Crippen LogP contribution >= 0.6 is 27.3 Å². The Hall–Kier alpha value is -0.750. The van der Waals surface area contributed by atoms with Gasteiger partial charge in [0.15, 0.2) is 0 Å². The maximum absolute atomic E-state index is 6.05. The molecule has 0 aliphatic carbocycles. The van der Waals surface area contributed by atoms with Crippen molar-refractivity contribution in [3.8, 4) is 0 Å². The van der Waals surface area contributed by atoms with Gasteiger partial charge in [0.25, 0.3) is 0 Å². The summed E-state index contributed by atoms with van der Waals surface area (Å²) in [5, 5.41) is 0. The number of aromatic nitrogens is 1. The van der Waals surface area contributed by atoms with E-state index in [0.29, 0.717) is 6.61 Å². The molecule has 0 fully saturated rings. The molecule has 1 aromatic carbocycles. The van der Waals surface area contributed by atoms with Crippen LogP contribution in [0.3, 0.4) is 0 Å². The number of nitrogens with two attached hydrogens (primary N) is 1. The van der Waals surface area contributed by atoms with Gasteiger partial charge in [0, 0.05) is 21.8 Å². The summed E-state index contributed by atoms with van der Waals surface area (Å²) in [5.41, 5.74) is 10.1. The zero-order valence-corrected chi connectivity index (χ0v) is 14.1. The Balaban J connectivity index is 1.96. The summed E-state index contributed by atoms with van der Waals surface area (Å²) in [4.78, 5) is 5.53. The second-order valence-corrected chi connectivity index (χ2v) is 6.67. The molecule has 20 heavy (non-hydrogen) atoms. The number of hydrogen-bond acceptors (Lipinski definition) is 4. The highest BCUT2D eigenvalue weighted by atomic mass is 79.9. The third kappa shape index (κ3) is 4.12. The number of ether oxygens (including phenoxy) is 1. The summed E-state index contributed by atoms with van der Waals surface area (Å²) in [5.74, 6) is 0. The van der Waals surface area contributed by atoms with Gasteiger partial charge in [0.2, 0.25) is 0 Å². The lowest BCUT2D eigenvalue weighted by Crippen LogP contribution is -2.27. The molecule has 1 aromatic heterocycles. The van der Waals surface area contributed by atoms with Crippen molar-refractivity contribution in [3.63, 3.8) is 0 Å². The van der Waals surface area contributed by atoms with Crippen molar-refractivity contribution in [2.24, 2.45) is 5.73 Å². The molecule has 2 rings (SSSR count). The first-order valence-electron chi connectivity index (χ1n) is 6.59. The first kappa shape index (κ1) is 15.6. The largest absolute Gasteiger partial charge is 0.372 e. The fourth-order valence-electron chi connectivity index (χ4n) is 2.05. The van der Waals surface area contributed by atoms with Crippen molar-refractivity contribution >= 4 is 27.3 Å². The smallest absolute Gasteiger partial charge is 0.0973 e. The summed E-state index contributed by atoms with van der Waals surface area (Å²) in [6.45, 7) is 4.67. The summed E-state index contributed by atoms with van der Waals surface area (Å²) in [6, 6.07) is 8.09. The quantitative estimate of drug-likeness (QED) is 0.856. The molecule has 0 spiro atoms. The minimum absolute atomic E-state index is 0.0428. The van der Waals surface area contributed by atoms with E-state index in [1.54, 1.807) is 11.3 Å². The molecule has 5 heteroatoms. The molecule has 0 bridgehead atoms. The van der Waals surface area contributed by atoms with E-state index >= 15 is 0 Å². The summed E-state index contributed by atoms with van der Waals surface area (Å²) < 4.78 is 7.06. The van der Waals surface area contributed by atoms with Crippen molar-refractivity contribution in [2.45, 2.75) is 32.4 Å². The van der Waals surface area contributed by atoms with Gasteiger partial charge in [0.1, 0.15) is 0 Å². The van der Waals surface area contributed by atoms with E-state index in [0.717, 1.165) is 22.2 Å². The Labute approximate surface area is 132 Å². The van der Waals surface area contributed by atoms with E-state index in [2.05, 4.69) is 33.0 Å². The van der Waals surface area contributed by atoms with Crippen LogP contribution in [0, 0.1) is 6.92 Å². The SMILES string of the molecule is Cc1ncsc1CCOC(c1ccc(Br)cc1)C(C)N. The number of thiazole rings is 1. The topological polar surface area (TPSA) is 48.1 Å². The number of benzene rings is 1. The third-order valence-corrected chi connectivity index (χ3v) is 4.67. The van der Waals surface area contributed by atoms with Crippen LogP contribution in [0.15, 0.2) is 34.2 Å². The highest BCUT2D eigenvalue weighted by Crippen LogP contribution is 2.23. The Morgan fingerprint density at radius 2 is 2.05 bits per heavy atom. The average molecular weight is 355 g/mol. The van der Waals surface area contributed by atoms with Crippen LogP contribution in [0.5, 0.6) is 0 Å².